The Morgan fingerprint density at radius 2 is 1.85 bits per heavy atom. The van der Waals surface area contributed by atoms with E-state index in [0.717, 1.165) is 0 Å². The lowest BCUT2D eigenvalue weighted by Gasteiger charge is -2.22. The summed E-state index contributed by atoms with van der Waals surface area (Å²) < 4.78 is 64.8. The van der Waals surface area contributed by atoms with Gasteiger partial charge >= 0.3 is 25.6 Å². The fourth-order valence-corrected chi connectivity index (χ4v) is 3.68. The molecule has 0 aliphatic rings. The molecule has 1 N–H and O–H groups in total. The smallest absolute Gasteiger partial charge is 0.464 e. The van der Waals surface area contributed by atoms with Crippen LogP contribution in [0.4, 0.5) is 13.2 Å². The van der Waals surface area contributed by atoms with Crippen LogP contribution in [0.1, 0.15) is 20.3 Å². The second-order valence-electron chi connectivity index (χ2n) is 5.35. The van der Waals surface area contributed by atoms with Crippen molar-refractivity contribution in [2.24, 2.45) is 0 Å². The average molecular weight is 411 g/mol. The average Bonchev–Trinajstić information content (AvgIpc) is 2.58. The Labute approximate surface area is 154 Å². The molecule has 0 heterocycles. The quantitative estimate of drug-likeness (QED) is 0.361. The molecule has 0 spiro atoms. The minimum absolute atomic E-state index is 0.0971. The number of esters is 1. The molecule has 0 aromatic heterocycles. The van der Waals surface area contributed by atoms with E-state index in [-0.39, 0.29) is 24.9 Å². The Morgan fingerprint density at radius 1 is 1.22 bits per heavy atom. The van der Waals surface area contributed by atoms with Gasteiger partial charge in [-0.15, -0.1) is 0 Å². The van der Waals surface area contributed by atoms with Gasteiger partial charge in [0.1, 0.15) is 5.75 Å². The Balaban J connectivity index is 2.74. The zero-order chi connectivity index (χ0) is 20.5. The molecule has 1 aromatic carbocycles. The number of nitrogens with one attached hydrogen (secondary N) is 1. The molecule has 7 nitrogen and oxygen atoms in total. The topological polar surface area (TPSA) is 90.9 Å². The number of para-hydroxylation sites is 1. The number of hydrogen-bond acceptors (Lipinski definition) is 6. The maximum absolute atomic E-state index is 13.0. The number of amides is 1. The first kappa shape index (κ1) is 23.0. The van der Waals surface area contributed by atoms with Gasteiger partial charge in [-0.3, -0.25) is 9.32 Å². The fourth-order valence-electron chi connectivity index (χ4n) is 1.88. The van der Waals surface area contributed by atoms with Crippen LogP contribution >= 0.6 is 7.60 Å². The van der Waals surface area contributed by atoms with Crippen molar-refractivity contribution in [2.75, 3.05) is 19.3 Å². The van der Waals surface area contributed by atoms with Gasteiger partial charge in [-0.2, -0.15) is 13.2 Å². The highest BCUT2D eigenvalue weighted by atomic mass is 31.2. The maximum atomic E-state index is 13.0. The first-order valence-electron chi connectivity index (χ1n) is 8.11. The first-order chi connectivity index (χ1) is 12.6. The Bertz CT molecular complexity index is 668. The van der Waals surface area contributed by atoms with Gasteiger partial charge in [-0.25, -0.2) is 9.36 Å². The molecule has 1 amide bonds. The van der Waals surface area contributed by atoms with Gasteiger partial charge in [0.2, 0.25) is 0 Å². The molecule has 0 saturated carbocycles. The van der Waals surface area contributed by atoms with E-state index in [1.165, 1.54) is 19.1 Å². The van der Waals surface area contributed by atoms with Crippen LogP contribution < -0.4 is 9.84 Å². The number of rotatable bonds is 10. The summed E-state index contributed by atoms with van der Waals surface area (Å²) in [4.78, 5) is 22.5. The van der Waals surface area contributed by atoms with Crippen LogP contribution in [0.5, 0.6) is 5.75 Å². The molecule has 0 saturated heterocycles. The minimum Gasteiger partial charge on any atom is -0.464 e. The second kappa shape index (κ2) is 10.3. The zero-order valence-electron chi connectivity index (χ0n) is 14.8. The molecule has 1 aromatic rings. The van der Waals surface area contributed by atoms with E-state index in [0.29, 0.717) is 0 Å². The number of halogens is 3. The zero-order valence-corrected chi connectivity index (χ0v) is 15.7. The van der Waals surface area contributed by atoms with E-state index in [2.05, 4.69) is 0 Å². The van der Waals surface area contributed by atoms with Gasteiger partial charge in [-0.05, 0) is 32.4 Å². The van der Waals surface area contributed by atoms with Crippen molar-refractivity contribution in [3.63, 3.8) is 0 Å². The molecule has 0 bridgehead atoms. The molecule has 0 radical (unpaired) electrons. The fraction of sp³-hybridized carbons (Fsp3) is 0.500. The molecule has 0 fully saturated rings. The normalized spacial score (nSPS) is 14.7. The molecule has 11 heteroatoms. The molecule has 27 heavy (non-hydrogen) atoms. The number of alkyl halides is 3. The summed E-state index contributed by atoms with van der Waals surface area (Å²) in [5.41, 5.74) is 0. The predicted octanol–water partition coefficient (Wildman–Crippen LogP) is 3.30. The van der Waals surface area contributed by atoms with Gasteiger partial charge in [0.15, 0.2) is 6.10 Å². The molecule has 1 rings (SSSR count). The van der Waals surface area contributed by atoms with Gasteiger partial charge in [0, 0.05) is 6.54 Å². The summed E-state index contributed by atoms with van der Waals surface area (Å²) in [6.45, 7) is 2.62. The molecule has 2 atom stereocenters. The third-order valence-electron chi connectivity index (χ3n) is 3.08. The van der Waals surface area contributed by atoms with Gasteiger partial charge < -0.3 is 14.6 Å². The third-order valence-corrected chi connectivity index (χ3v) is 5.07. The van der Waals surface area contributed by atoms with Crippen molar-refractivity contribution in [1.29, 1.82) is 0 Å². The van der Waals surface area contributed by atoms with E-state index >= 15 is 0 Å². The Kier molecular flexibility index (Phi) is 8.78. The van der Waals surface area contributed by atoms with E-state index in [1.54, 1.807) is 30.4 Å². The predicted molar refractivity (Wildman–Crippen MR) is 90.4 cm³/mol. The number of carbonyl (C=O) groups is 2. The highest BCUT2D eigenvalue weighted by Crippen LogP contribution is 2.50. The van der Waals surface area contributed by atoms with E-state index in [9.17, 15) is 27.3 Å². The SMILES string of the molecule is CCOC(=O)[C@@H](C)OP(=O)(CCCNC(=O)C(F)(F)F)Oc1ccccc1. The summed E-state index contributed by atoms with van der Waals surface area (Å²) in [6.07, 6.45) is -6.64. The summed E-state index contributed by atoms with van der Waals surface area (Å²) in [5.74, 6) is -2.64. The van der Waals surface area contributed by atoms with Crippen LogP contribution in [0.3, 0.4) is 0 Å². The maximum Gasteiger partial charge on any atom is 0.471 e. The van der Waals surface area contributed by atoms with Gasteiger partial charge in [-0.1, -0.05) is 18.2 Å². The Morgan fingerprint density at radius 3 is 2.41 bits per heavy atom. The van der Waals surface area contributed by atoms with E-state index < -0.39 is 38.3 Å². The summed E-state index contributed by atoms with van der Waals surface area (Å²) in [6, 6.07) is 7.97. The lowest BCUT2D eigenvalue weighted by molar-refractivity contribution is -0.173. The third kappa shape index (κ3) is 8.45. The van der Waals surface area contributed by atoms with Gasteiger partial charge in [0.25, 0.3) is 0 Å². The molecule has 0 aliphatic carbocycles. The van der Waals surface area contributed by atoms with Crippen LogP contribution in [-0.2, 0) is 23.4 Å². The molecule has 0 aliphatic heterocycles. The molecule has 1 unspecified atom stereocenters. The summed E-state index contributed by atoms with van der Waals surface area (Å²) in [7, 11) is -3.91. The van der Waals surface area contributed by atoms with E-state index in [1.807, 2.05) is 0 Å². The van der Waals surface area contributed by atoms with Crippen LogP contribution in [0.2, 0.25) is 0 Å². The van der Waals surface area contributed by atoms with Crippen molar-refractivity contribution in [3.05, 3.63) is 30.3 Å². The lowest BCUT2D eigenvalue weighted by Crippen LogP contribution is -2.37. The summed E-state index contributed by atoms with van der Waals surface area (Å²) >= 11 is 0. The van der Waals surface area contributed by atoms with Crippen molar-refractivity contribution < 1.29 is 41.1 Å². The van der Waals surface area contributed by atoms with E-state index in [4.69, 9.17) is 13.8 Å². The highest BCUT2D eigenvalue weighted by molar-refractivity contribution is 7.54. The second-order valence-corrected chi connectivity index (χ2v) is 7.41. The van der Waals surface area contributed by atoms with Crippen molar-refractivity contribution in [3.8, 4) is 5.75 Å². The minimum atomic E-state index is -5.00. The van der Waals surface area contributed by atoms with Crippen molar-refractivity contribution in [2.45, 2.75) is 32.5 Å². The van der Waals surface area contributed by atoms with Gasteiger partial charge in [0.05, 0.1) is 12.8 Å². The standard InChI is InChI=1S/C16H21F3NO6P/c1-3-24-14(21)12(2)25-27(23,26-13-8-5-4-6-9-13)11-7-10-20-15(22)16(17,18)19/h4-6,8-9,12H,3,7,10-11H2,1-2H3,(H,20,22)/t12-,27?/m1/s1. The lowest BCUT2D eigenvalue weighted by atomic mass is 10.3. The summed E-state index contributed by atoms with van der Waals surface area (Å²) in [5, 5.41) is 1.67. The Hall–Kier alpha value is -2.06. The molecular formula is C16H21F3NO6P. The number of benzene rings is 1. The molecular weight excluding hydrogens is 390 g/mol. The number of hydrogen-bond donors (Lipinski definition) is 1. The number of ether oxygens (including phenoxy) is 1. The van der Waals surface area contributed by atoms with Crippen LogP contribution in [0.25, 0.3) is 0 Å². The van der Waals surface area contributed by atoms with Crippen LogP contribution in [0.15, 0.2) is 30.3 Å². The van der Waals surface area contributed by atoms with Crippen molar-refractivity contribution >= 4 is 19.5 Å². The largest absolute Gasteiger partial charge is 0.471 e. The number of carbonyl (C=O) groups excluding carboxylic acids is 2. The monoisotopic (exact) mass is 411 g/mol. The highest BCUT2D eigenvalue weighted by Gasteiger charge is 2.38. The van der Waals surface area contributed by atoms with Crippen molar-refractivity contribution in [1.82, 2.24) is 5.32 Å². The first-order valence-corrected chi connectivity index (χ1v) is 9.84. The van der Waals surface area contributed by atoms with Crippen LogP contribution in [-0.4, -0.2) is 43.5 Å². The van der Waals surface area contributed by atoms with Crippen LogP contribution in [0, 0.1) is 0 Å². The molecule has 152 valence electrons.